The van der Waals surface area contributed by atoms with E-state index in [9.17, 15) is 4.79 Å². The number of carbonyl (C=O) groups is 1. The summed E-state index contributed by atoms with van der Waals surface area (Å²) in [6, 6.07) is 7.44. The van der Waals surface area contributed by atoms with Gasteiger partial charge in [0.15, 0.2) is 5.82 Å². The van der Waals surface area contributed by atoms with Crippen LogP contribution in [-0.4, -0.2) is 22.6 Å². The van der Waals surface area contributed by atoms with Crippen LogP contribution in [-0.2, 0) is 17.8 Å². The standard InChI is InChI=1S/C12H13ClN4O2/c13-9-3-1-8(2-4-9)5-11-16-12(19-17-11)7-15-6-10(14)18/h1-4,15H,5-7H2,(H2,14,18). The Labute approximate surface area is 114 Å². The van der Waals surface area contributed by atoms with Gasteiger partial charge in [-0.15, -0.1) is 0 Å². The summed E-state index contributed by atoms with van der Waals surface area (Å²) in [5.41, 5.74) is 6.04. The summed E-state index contributed by atoms with van der Waals surface area (Å²) in [7, 11) is 0. The topological polar surface area (TPSA) is 94.0 Å². The molecule has 1 amide bonds. The number of halogens is 1. The Hall–Kier alpha value is -1.92. The smallest absolute Gasteiger partial charge is 0.240 e. The highest BCUT2D eigenvalue weighted by molar-refractivity contribution is 6.30. The summed E-state index contributed by atoms with van der Waals surface area (Å²) in [5, 5.41) is 7.34. The van der Waals surface area contributed by atoms with Crippen molar-refractivity contribution in [2.45, 2.75) is 13.0 Å². The predicted octanol–water partition coefficient (Wildman–Crippen LogP) is 0.889. The van der Waals surface area contributed by atoms with Crippen LogP contribution >= 0.6 is 11.6 Å². The Morgan fingerprint density at radius 3 is 2.79 bits per heavy atom. The maximum absolute atomic E-state index is 10.5. The number of nitrogens with zero attached hydrogens (tertiary/aromatic N) is 2. The number of hydrogen-bond acceptors (Lipinski definition) is 5. The highest BCUT2D eigenvalue weighted by Crippen LogP contribution is 2.12. The summed E-state index contributed by atoms with van der Waals surface area (Å²) in [6.45, 7) is 0.394. The fourth-order valence-electron chi connectivity index (χ4n) is 1.51. The molecule has 0 saturated carbocycles. The number of carbonyl (C=O) groups excluding carboxylic acids is 1. The second kappa shape index (κ2) is 6.31. The van der Waals surface area contributed by atoms with Crippen LogP contribution in [0.1, 0.15) is 17.3 Å². The van der Waals surface area contributed by atoms with Gasteiger partial charge in [0.05, 0.1) is 13.1 Å². The van der Waals surface area contributed by atoms with Crippen LogP contribution < -0.4 is 11.1 Å². The van der Waals surface area contributed by atoms with Crippen LogP contribution in [0.15, 0.2) is 28.8 Å². The second-order valence-electron chi connectivity index (χ2n) is 3.98. The van der Waals surface area contributed by atoms with E-state index in [2.05, 4.69) is 15.5 Å². The molecule has 2 rings (SSSR count). The summed E-state index contributed by atoms with van der Waals surface area (Å²) in [5.74, 6) is 0.573. The Kier molecular flexibility index (Phi) is 4.48. The van der Waals surface area contributed by atoms with Gasteiger partial charge in [-0.25, -0.2) is 0 Å². The summed E-state index contributed by atoms with van der Waals surface area (Å²) in [4.78, 5) is 14.7. The minimum atomic E-state index is -0.430. The van der Waals surface area contributed by atoms with E-state index >= 15 is 0 Å². The molecule has 1 aromatic heterocycles. The first-order valence-corrected chi connectivity index (χ1v) is 6.06. The zero-order valence-corrected chi connectivity index (χ0v) is 10.9. The van der Waals surface area contributed by atoms with Crippen molar-refractivity contribution in [2.24, 2.45) is 5.73 Å². The van der Waals surface area contributed by atoms with Gasteiger partial charge in [0, 0.05) is 11.4 Å². The third kappa shape index (κ3) is 4.35. The zero-order valence-electron chi connectivity index (χ0n) is 10.1. The number of primary amides is 1. The molecule has 2 aromatic rings. The second-order valence-corrected chi connectivity index (χ2v) is 4.41. The number of nitrogens with two attached hydrogens (primary N) is 1. The molecular weight excluding hydrogens is 268 g/mol. The summed E-state index contributed by atoms with van der Waals surface area (Å²) >= 11 is 5.81. The van der Waals surface area contributed by atoms with Gasteiger partial charge in [-0.2, -0.15) is 4.98 Å². The van der Waals surface area contributed by atoms with Crippen LogP contribution in [0.5, 0.6) is 0 Å². The van der Waals surface area contributed by atoms with Gasteiger partial charge in [0.2, 0.25) is 11.8 Å². The molecule has 0 saturated heterocycles. The molecule has 100 valence electrons. The van der Waals surface area contributed by atoms with E-state index in [0.29, 0.717) is 29.7 Å². The van der Waals surface area contributed by atoms with Crippen LogP contribution in [0.3, 0.4) is 0 Å². The molecule has 0 aliphatic heterocycles. The van der Waals surface area contributed by atoms with Crippen molar-refractivity contribution >= 4 is 17.5 Å². The van der Waals surface area contributed by atoms with Crippen molar-refractivity contribution in [3.05, 3.63) is 46.6 Å². The quantitative estimate of drug-likeness (QED) is 0.819. The molecule has 3 N–H and O–H groups in total. The van der Waals surface area contributed by atoms with Crippen LogP contribution in [0.2, 0.25) is 5.02 Å². The number of benzene rings is 1. The molecule has 1 aromatic carbocycles. The van der Waals surface area contributed by atoms with Crippen molar-refractivity contribution in [2.75, 3.05) is 6.54 Å². The van der Waals surface area contributed by atoms with E-state index in [1.165, 1.54) is 0 Å². The number of hydrogen-bond donors (Lipinski definition) is 2. The molecule has 7 heteroatoms. The Bertz CT molecular complexity index is 553. The lowest BCUT2D eigenvalue weighted by atomic mass is 10.1. The fourth-order valence-corrected chi connectivity index (χ4v) is 1.64. The van der Waals surface area contributed by atoms with Crippen molar-refractivity contribution in [1.82, 2.24) is 15.5 Å². The molecule has 0 bridgehead atoms. The number of amides is 1. The molecule has 6 nitrogen and oxygen atoms in total. The van der Waals surface area contributed by atoms with Gasteiger partial charge in [0.1, 0.15) is 0 Å². The predicted molar refractivity (Wildman–Crippen MR) is 69.5 cm³/mol. The first kappa shape index (κ1) is 13.5. The molecule has 0 aliphatic rings. The van der Waals surface area contributed by atoms with Crippen LogP contribution in [0, 0.1) is 0 Å². The highest BCUT2D eigenvalue weighted by atomic mass is 35.5. The normalized spacial score (nSPS) is 10.6. The van der Waals surface area contributed by atoms with Gasteiger partial charge >= 0.3 is 0 Å². The minimum absolute atomic E-state index is 0.0783. The molecular formula is C12H13ClN4O2. The molecule has 19 heavy (non-hydrogen) atoms. The van der Waals surface area contributed by atoms with E-state index in [4.69, 9.17) is 21.9 Å². The summed E-state index contributed by atoms with van der Waals surface area (Å²) in [6.07, 6.45) is 0.566. The lowest BCUT2D eigenvalue weighted by Crippen LogP contribution is -2.28. The van der Waals surface area contributed by atoms with Gasteiger partial charge in [-0.3, -0.25) is 10.1 Å². The zero-order chi connectivity index (χ0) is 13.7. The highest BCUT2D eigenvalue weighted by Gasteiger charge is 2.07. The monoisotopic (exact) mass is 280 g/mol. The SMILES string of the molecule is NC(=O)CNCc1nc(Cc2ccc(Cl)cc2)no1. The average Bonchev–Trinajstić information content (AvgIpc) is 2.79. The average molecular weight is 281 g/mol. The third-order valence-electron chi connectivity index (χ3n) is 2.36. The maximum atomic E-state index is 10.5. The third-order valence-corrected chi connectivity index (χ3v) is 2.61. The van der Waals surface area contributed by atoms with E-state index in [1.807, 2.05) is 24.3 Å². The Balaban J connectivity index is 1.90. The van der Waals surface area contributed by atoms with Gasteiger partial charge in [0.25, 0.3) is 0 Å². The first-order valence-electron chi connectivity index (χ1n) is 5.68. The largest absolute Gasteiger partial charge is 0.369 e. The number of nitrogens with one attached hydrogen (secondary N) is 1. The van der Waals surface area contributed by atoms with E-state index in [0.717, 1.165) is 5.56 Å². The molecule has 0 aliphatic carbocycles. The van der Waals surface area contributed by atoms with Crippen molar-refractivity contribution in [3.63, 3.8) is 0 Å². The fraction of sp³-hybridized carbons (Fsp3) is 0.250. The molecule has 1 heterocycles. The lowest BCUT2D eigenvalue weighted by Gasteiger charge is -1.96. The van der Waals surface area contributed by atoms with Crippen LogP contribution in [0.25, 0.3) is 0 Å². The van der Waals surface area contributed by atoms with E-state index < -0.39 is 5.91 Å². The van der Waals surface area contributed by atoms with Gasteiger partial charge < -0.3 is 10.3 Å². The van der Waals surface area contributed by atoms with E-state index in [1.54, 1.807) is 0 Å². The van der Waals surface area contributed by atoms with Crippen molar-refractivity contribution < 1.29 is 9.32 Å². The van der Waals surface area contributed by atoms with Gasteiger partial charge in [-0.1, -0.05) is 28.9 Å². The Morgan fingerprint density at radius 2 is 2.11 bits per heavy atom. The first-order chi connectivity index (χ1) is 9.13. The molecule has 0 radical (unpaired) electrons. The maximum Gasteiger partial charge on any atom is 0.240 e. The van der Waals surface area contributed by atoms with Gasteiger partial charge in [-0.05, 0) is 17.7 Å². The van der Waals surface area contributed by atoms with Crippen molar-refractivity contribution in [3.8, 4) is 0 Å². The molecule has 0 fully saturated rings. The molecule has 0 unspecified atom stereocenters. The Morgan fingerprint density at radius 1 is 1.37 bits per heavy atom. The van der Waals surface area contributed by atoms with E-state index in [-0.39, 0.29) is 6.54 Å². The molecule has 0 atom stereocenters. The lowest BCUT2D eigenvalue weighted by molar-refractivity contribution is -0.117. The van der Waals surface area contributed by atoms with Crippen molar-refractivity contribution in [1.29, 1.82) is 0 Å². The minimum Gasteiger partial charge on any atom is -0.369 e. The van der Waals surface area contributed by atoms with Crippen LogP contribution in [0.4, 0.5) is 0 Å². The summed E-state index contributed by atoms with van der Waals surface area (Å²) < 4.78 is 5.04. The molecule has 0 spiro atoms. The number of rotatable bonds is 6. The number of aromatic nitrogens is 2.